The van der Waals surface area contributed by atoms with E-state index in [1.807, 2.05) is 24.3 Å². The number of hydrogen-bond donors (Lipinski definition) is 2. The van der Waals surface area contributed by atoms with E-state index in [2.05, 4.69) is 17.1 Å². The normalized spacial score (nSPS) is 17.4. The van der Waals surface area contributed by atoms with E-state index in [9.17, 15) is 9.90 Å². The van der Waals surface area contributed by atoms with Crippen molar-refractivity contribution in [3.8, 4) is 5.75 Å². The number of nitrogens with zero attached hydrogens (tertiary/aromatic N) is 1. The fraction of sp³-hybridized carbons (Fsp3) is 0.267. The highest BCUT2D eigenvalue weighted by atomic mass is 16.4. The van der Waals surface area contributed by atoms with Gasteiger partial charge in [-0.2, -0.15) is 0 Å². The highest BCUT2D eigenvalue weighted by molar-refractivity contribution is 5.72. The van der Waals surface area contributed by atoms with Crippen LogP contribution in [0.4, 0.5) is 11.4 Å². The fourth-order valence-electron chi connectivity index (χ4n) is 2.41. The van der Waals surface area contributed by atoms with Gasteiger partial charge in [0, 0.05) is 18.7 Å². The van der Waals surface area contributed by atoms with E-state index in [0.717, 1.165) is 24.2 Å². The summed E-state index contributed by atoms with van der Waals surface area (Å²) < 4.78 is 5.29. The lowest BCUT2D eigenvalue weighted by atomic mass is 10.1. The minimum Gasteiger partial charge on any atom is -0.502 e. The van der Waals surface area contributed by atoms with Gasteiger partial charge in [-0.1, -0.05) is 12.1 Å². The van der Waals surface area contributed by atoms with Gasteiger partial charge >= 0.3 is 0 Å². The number of fused-ring (bicyclic) bond motifs is 1. The highest BCUT2D eigenvalue weighted by Crippen LogP contribution is 2.32. The minimum absolute atomic E-state index is 0.281. The van der Waals surface area contributed by atoms with E-state index >= 15 is 0 Å². The third-order valence-electron chi connectivity index (χ3n) is 3.53. The van der Waals surface area contributed by atoms with Gasteiger partial charge in [0.1, 0.15) is 12.0 Å². The van der Waals surface area contributed by atoms with Crippen LogP contribution in [0, 0.1) is 0 Å². The molecule has 2 N–H and O–H groups in total. The lowest BCUT2D eigenvalue weighted by Crippen LogP contribution is -2.41. The van der Waals surface area contributed by atoms with Crippen molar-refractivity contribution in [1.29, 1.82) is 0 Å². The van der Waals surface area contributed by atoms with E-state index in [1.54, 1.807) is 0 Å². The number of hydrogen-bond acceptors (Lipinski definition) is 5. The lowest BCUT2D eigenvalue weighted by molar-refractivity contribution is 0.408. The van der Waals surface area contributed by atoms with Crippen molar-refractivity contribution in [2.45, 2.75) is 19.5 Å². The average molecular weight is 272 g/mol. The first-order valence-electron chi connectivity index (χ1n) is 6.55. The summed E-state index contributed by atoms with van der Waals surface area (Å²) in [4.78, 5) is 13.6. The third-order valence-corrected chi connectivity index (χ3v) is 3.53. The Morgan fingerprint density at radius 1 is 1.45 bits per heavy atom. The monoisotopic (exact) mass is 272 g/mol. The van der Waals surface area contributed by atoms with Crippen molar-refractivity contribution in [3.05, 3.63) is 52.6 Å². The molecule has 1 atom stereocenters. The molecule has 5 heteroatoms. The summed E-state index contributed by atoms with van der Waals surface area (Å²) in [6.45, 7) is 3.44. The summed E-state index contributed by atoms with van der Waals surface area (Å²) in [6.07, 6.45) is 1.09. The minimum atomic E-state index is -0.415. The zero-order chi connectivity index (χ0) is 14.1. The molecule has 0 saturated carbocycles. The van der Waals surface area contributed by atoms with E-state index in [4.69, 9.17) is 4.42 Å². The zero-order valence-corrected chi connectivity index (χ0v) is 11.2. The van der Waals surface area contributed by atoms with Crippen molar-refractivity contribution >= 4 is 11.4 Å². The first-order valence-corrected chi connectivity index (χ1v) is 6.55. The summed E-state index contributed by atoms with van der Waals surface area (Å²) in [5.74, 6) is 0.180. The zero-order valence-electron chi connectivity index (χ0n) is 11.2. The van der Waals surface area contributed by atoms with Crippen LogP contribution >= 0.6 is 0 Å². The van der Waals surface area contributed by atoms with Crippen molar-refractivity contribution in [1.82, 2.24) is 0 Å². The number of anilines is 2. The van der Waals surface area contributed by atoms with E-state index < -0.39 is 5.43 Å². The van der Waals surface area contributed by atoms with Crippen LogP contribution in [0.1, 0.15) is 12.7 Å². The SMILES string of the molecule is CC1CNc2ccccc2N1Cc1cc(=O)c(O)co1. The molecular weight excluding hydrogens is 256 g/mol. The molecule has 20 heavy (non-hydrogen) atoms. The molecule has 104 valence electrons. The van der Waals surface area contributed by atoms with Gasteiger partial charge < -0.3 is 19.7 Å². The first kappa shape index (κ1) is 12.6. The van der Waals surface area contributed by atoms with Crippen molar-refractivity contribution in [3.63, 3.8) is 0 Å². The van der Waals surface area contributed by atoms with Crippen molar-refractivity contribution < 1.29 is 9.52 Å². The molecule has 0 fully saturated rings. The summed E-state index contributed by atoms with van der Waals surface area (Å²) in [7, 11) is 0. The van der Waals surface area contributed by atoms with Gasteiger partial charge in [0.2, 0.25) is 5.43 Å². The molecule has 1 aliphatic heterocycles. The van der Waals surface area contributed by atoms with Crippen LogP contribution in [0.15, 0.2) is 45.8 Å². The van der Waals surface area contributed by atoms with Gasteiger partial charge in [0.25, 0.3) is 0 Å². The molecule has 3 rings (SSSR count). The molecule has 0 aliphatic carbocycles. The van der Waals surface area contributed by atoms with Crippen LogP contribution in [-0.4, -0.2) is 17.7 Å². The molecule has 2 heterocycles. The van der Waals surface area contributed by atoms with Gasteiger partial charge in [-0.05, 0) is 19.1 Å². The number of benzene rings is 1. The Kier molecular flexibility index (Phi) is 3.10. The van der Waals surface area contributed by atoms with E-state index in [0.29, 0.717) is 12.3 Å². The predicted molar refractivity (Wildman–Crippen MR) is 77.2 cm³/mol. The number of aromatic hydroxyl groups is 1. The Balaban J connectivity index is 1.93. The molecule has 0 amide bonds. The summed E-state index contributed by atoms with van der Waals surface area (Å²) >= 11 is 0. The summed E-state index contributed by atoms with van der Waals surface area (Å²) in [6, 6.07) is 9.66. The summed E-state index contributed by atoms with van der Waals surface area (Å²) in [5, 5.41) is 12.6. The smallest absolute Gasteiger partial charge is 0.226 e. The molecule has 0 radical (unpaired) electrons. The van der Waals surface area contributed by atoms with Gasteiger partial charge in [-0.15, -0.1) is 0 Å². The van der Waals surface area contributed by atoms with Gasteiger partial charge in [0.15, 0.2) is 5.75 Å². The summed E-state index contributed by atoms with van der Waals surface area (Å²) in [5.41, 5.74) is 1.75. The van der Waals surface area contributed by atoms with Gasteiger partial charge in [-0.3, -0.25) is 4.79 Å². The Labute approximate surface area is 116 Å². The van der Waals surface area contributed by atoms with Crippen LogP contribution in [0.2, 0.25) is 0 Å². The molecule has 1 aliphatic rings. The maximum Gasteiger partial charge on any atom is 0.226 e. The van der Waals surface area contributed by atoms with E-state index in [-0.39, 0.29) is 11.8 Å². The molecule has 1 aromatic carbocycles. The molecule has 1 unspecified atom stereocenters. The Bertz CT molecular complexity index is 681. The second-order valence-electron chi connectivity index (χ2n) is 4.97. The van der Waals surface area contributed by atoms with Crippen LogP contribution in [0.25, 0.3) is 0 Å². The number of nitrogens with one attached hydrogen (secondary N) is 1. The Morgan fingerprint density at radius 2 is 2.25 bits per heavy atom. The van der Waals surface area contributed by atoms with Crippen LogP contribution in [0.3, 0.4) is 0 Å². The van der Waals surface area contributed by atoms with Gasteiger partial charge in [0.05, 0.1) is 17.9 Å². The van der Waals surface area contributed by atoms with Gasteiger partial charge in [-0.25, -0.2) is 0 Å². The highest BCUT2D eigenvalue weighted by Gasteiger charge is 2.23. The topological polar surface area (TPSA) is 65.7 Å². The largest absolute Gasteiger partial charge is 0.502 e. The first-order chi connectivity index (χ1) is 9.65. The fourth-order valence-corrected chi connectivity index (χ4v) is 2.41. The molecule has 0 spiro atoms. The Hall–Kier alpha value is -2.43. The maximum atomic E-state index is 11.5. The Morgan fingerprint density at radius 3 is 3.05 bits per heavy atom. The molecule has 0 saturated heterocycles. The van der Waals surface area contributed by atoms with Crippen molar-refractivity contribution in [2.24, 2.45) is 0 Å². The number of rotatable bonds is 2. The predicted octanol–water partition coefficient (Wildman–Crippen LogP) is 2.17. The second-order valence-corrected chi connectivity index (χ2v) is 4.97. The van der Waals surface area contributed by atoms with Crippen molar-refractivity contribution in [2.75, 3.05) is 16.8 Å². The third kappa shape index (κ3) is 2.22. The quantitative estimate of drug-likeness (QED) is 0.877. The molecular formula is C15H16N2O3. The molecule has 0 bridgehead atoms. The molecule has 5 nitrogen and oxygen atoms in total. The van der Waals surface area contributed by atoms with E-state index in [1.165, 1.54) is 6.07 Å². The van der Waals surface area contributed by atoms with Crippen LogP contribution in [-0.2, 0) is 6.54 Å². The lowest BCUT2D eigenvalue weighted by Gasteiger charge is -2.37. The maximum absolute atomic E-state index is 11.5. The molecule has 1 aromatic heterocycles. The van der Waals surface area contributed by atoms with Crippen LogP contribution in [0.5, 0.6) is 5.75 Å². The van der Waals surface area contributed by atoms with Crippen LogP contribution < -0.4 is 15.6 Å². The standard InChI is InChI=1S/C15H16N2O3/c1-10-7-16-12-4-2-3-5-13(12)17(10)8-11-6-14(18)15(19)9-20-11/h2-6,9-10,16,19H,7-8H2,1H3. The average Bonchev–Trinajstić information content (AvgIpc) is 2.46. The second kappa shape index (κ2) is 4.92. The number of para-hydroxylation sites is 2. The molecule has 2 aromatic rings.